The minimum Gasteiger partial charge on any atom is -0.332 e. The van der Waals surface area contributed by atoms with Crippen LogP contribution in [0.25, 0.3) is 0 Å². The number of rotatable bonds is 3. The predicted molar refractivity (Wildman–Crippen MR) is 53.4 cm³/mol. The number of aryl methyl sites for hydroxylation is 1. The molecule has 0 aromatic carbocycles. The van der Waals surface area contributed by atoms with Gasteiger partial charge in [0.25, 0.3) is 0 Å². The molecule has 14 heavy (non-hydrogen) atoms. The Balaban J connectivity index is 2.14. The van der Waals surface area contributed by atoms with Gasteiger partial charge in [-0.25, -0.2) is 4.98 Å². The molecular weight excluding hydrogens is 198 g/mol. The summed E-state index contributed by atoms with van der Waals surface area (Å²) in [5, 5.41) is 0. The standard InChI is InChI=1S/C9H9N3OS/c1-12-3-2-11-9(12)8(13)4-7-5-10-6-14-7/h2-3,5-6H,4H2,1H3. The molecule has 0 N–H and O–H groups in total. The third-order valence-electron chi connectivity index (χ3n) is 1.89. The first kappa shape index (κ1) is 9.08. The first-order valence-electron chi connectivity index (χ1n) is 4.15. The molecule has 2 rings (SSSR count). The van der Waals surface area contributed by atoms with E-state index in [-0.39, 0.29) is 5.78 Å². The fraction of sp³-hybridized carbons (Fsp3) is 0.222. The Bertz CT molecular complexity index is 433. The maximum Gasteiger partial charge on any atom is 0.203 e. The van der Waals surface area contributed by atoms with Crippen molar-refractivity contribution >= 4 is 17.1 Å². The summed E-state index contributed by atoms with van der Waals surface area (Å²) < 4.78 is 1.73. The van der Waals surface area contributed by atoms with Crippen LogP contribution in [-0.4, -0.2) is 20.3 Å². The van der Waals surface area contributed by atoms with Crippen molar-refractivity contribution in [2.45, 2.75) is 6.42 Å². The van der Waals surface area contributed by atoms with Crippen molar-refractivity contribution in [1.82, 2.24) is 14.5 Å². The molecule has 5 heteroatoms. The highest BCUT2D eigenvalue weighted by Crippen LogP contribution is 2.09. The van der Waals surface area contributed by atoms with Crippen molar-refractivity contribution < 1.29 is 4.79 Å². The van der Waals surface area contributed by atoms with Gasteiger partial charge < -0.3 is 4.57 Å². The molecule has 0 unspecified atom stereocenters. The van der Waals surface area contributed by atoms with E-state index in [1.165, 1.54) is 11.3 Å². The van der Waals surface area contributed by atoms with Crippen LogP contribution >= 0.6 is 11.3 Å². The van der Waals surface area contributed by atoms with Crippen molar-refractivity contribution in [3.05, 3.63) is 34.8 Å². The van der Waals surface area contributed by atoms with Crippen LogP contribution in [0.3, 0.4) is 0 Å². The first-order valence-corrected chi connectivity index (χ1v) is 5.03. The van der Waals surface area contributed by atoms with Gasteiger partial charge in [-0.15, -0.1) is 11.3 Å². The van der Waals surface area contributed by atoms with Crippen LogP contribution in [0.4, 0.5) is 0 Å². The third kappa shape index (κ3) is 1.72. The molecule has 2 heterocycles. The van der Waals surface area contributed by atoms with E-state index in [1.54, 1.807) is 28.7 Å². The molecule has 72 valence electrons. The summed E-state index contributed by atoms with van der Waals surface area (Å²) >= 11 is 1.49. The fourth-order valence-electron chi connectivity index (χ4n) is 1.20. The average molecular weight is 207 g/mol. The van der Waals surface area contributed by atoms with Crippen LogP contribution in [0.1, 0.15) is 15.5 Å². The molecule has 0 aliphatic rings. The summed E-state index contributed by atoms with van der Waals surface area (Å²) in [6.07, 6.45) is 5.49. The Kier molecular flexibility index (Phi) is 2.41. The van der Waals surface area contributed by atoms with E-state index in [9.17, 15) is 4.79 Å². The second-order valence-corrected chi connectivity index (χ2v) is 3.90. The van der Waals surface area contributed by atoms with Gasteiger partial charge in [0, 0.05) is 30.5 Å². The van der Waals surface area contributed by atoms with Gasteiger partial charge >= 0.3 is 0 Å². The molecule has 0 saturated carbocycles. The molecular formula is C9H9N3OS. The number of aromatic nitrogens is 3. The number of ketones is 1. The van der Waals surface area contributed by atoms with Gasteiger partial charge in [0.15, 0.2) is 5.82 Å². The minimum atomic E-state index is 0.0294. The van der Waals surface area contributed by atoms with Crippen molar-refractivity contribution in [3.8, 4) is 0 Å². The van der Waals surface area contributed by atoms with Crippen LogP contribution in [0, 0.1) is 0 Å². The molecule has 2 aromatic rings. The highest BCUT2D eigenvalue weighted by Gasteiger charge is 2.11. The Morgan fingerprint density at radius 1 is 1.64 bits per heavy atom. The van der Waals surface area contributed by atoms with Crippen LogP contribution in [0.15, 0.2) is 24.1 Å². The smallest absolute Gasteiger partial charge is 0.203 e. The lowest BCUT2D eigenvalue weighted by atomic mass is 10.2. The van der Waals surface area contributed by atoms with Gasteiger partial charge in [0.2, 0.25) is 5.78 Å². The maximum atomic E-state index is 11.7. The molecule has 4 nitrogen and oxygen atoms in total. The van der Waals surface area contributed by atoms with Crippen LogP contribution < -0.4 is 0 Å². The van der Waals surface area contributed by atoms with E-state index in [1.807, 2.05) is 7.05 Å². The SMILES string of the molecule is Cn1ccnc1C(=O)Cc1cncs1. The van der Waals surface area contributed by atoms with Gasteiger partial charge in [0.1, 0.15) is 0 Å². The summed E-state index contributed by atoms with van der Waals surface area (Å²) in [6.45, 7) is 0. The number of hydrogen-bond donors (Lipinski definition) is 0. The minimum absolute atomic E-state index is 0.0294. The lowest BCUT2D eigenvalue weighted by molar-refractivity contribution is 0.0981. The third-order valence-corrected chi connectivity index (χ3v) is 2.67. The zero-order valence-electron chi connectivity index (χ0n) is 7.67. The van der Waals surface area contributed by atoms with E-state index in [0.717, 1.165) is 4.88 Å². The molecule has 0 spiro atoms. The Morgan fingerprint density at radius 2 is 2.50 bits per heavy atom. The molecule has 0 aliphatic carbocycles. The second-order valence-electron chi connectivity index (χ2n) is 2.93. The quantitative estimate of drug-likeness (QED) is 0.713. The Morgan fingerprint density at radius 3 is 3.07 bits per heavy atom. The van der Waals surface area contributed by atoms with Crippen molar-refractivity contribution in [2.75, 3.05) is 0 Å². The number of thiazole rings is 1. The van der Waals surface area contributed by atoms with Gasteiger partial charge in [-0.1, -0.05) is 0 Å². The second kappa shape index (κ2) is 3.71. The van der Waals surface area contributed by atoms with Gasteiger partial charge in [-0.3, -0.25) is 9.78 Å². The summed E-state index contributed by atoms with van der Waals surface area (Å²) in [4.78, 5) is 20.6. The number of nitrogens with zero attached hydrogens (tertiary/aromatic N) is 3. The highest BCUT2D eigenvalue weighted by molar-refractivity contribution is 7.09. The van der Waals surface area contributed by atoms with Gasteiger partial charge in [0.05, 0.1) is 11.9 Å². The highest BCUT2D eigenvalue weighted by atomic mass is 32.1. The number of Topliss-reactive ketones (excluding diaryl/α,β-unsaturated/α-hetero) is 1. The fourth-order valence-corrected chi connectivity index (χ4v) is 1.79. The number of carbonyl (C=O) groups excluding carboxylic acids is 1. The van der Waals surface area contributed by atoms with Crippen LogP contribution in [0.5, 0.6) is 0 Å². The molecule has 0 aliphatic heterocycles. The molecule has 0 amide bonds. The normalized spacial score (nSPS) is 10.4. The van der Waals surface area contributed by atoms with Gasteiger partial charge in [-0.05, 0) is 0 Å². The number of carbonyl (C=O) groups is 1. The predicted octanol–water partition coefficient (Wildman–Crippen LogP) is 1.30. The lowest BCUT2D eigenvalue weighted by Crippen LogP contribution is -2.09. The summed E-state index contributed by atoms with van der Waals surface area (Å²) in [7, 11) is 1.81. The average Bonchev–Trinajstić information content (AvgIpc) is 2.75. The van der Waals surface area contributed by atoms with Crippen LogP contribution in [-0.2, 0) is 13.5 Å². The summed E-state index contributed by atoms with van der Waals surface area (Å²) in [6, 6.07) is 0. The topological polar surface area (TPSA) is 47.8 Å². The van der Waals surface area contributed by atoms with Crippen molar-refractivity contribution in [2.24, 2.45) is 7.05 Å². The Hall–Kier alpha value is -1.49. The zero-order valence-corrected chi connectivity index (χ0v) is 8.49. The molecule has 0 bridgehead atoms. The van der Waals surface area contributed by atoms with Crippen molar-refractivity contribution in [3.63, 3.8) is 0 Å². The summed E-state index contributed by atoms with van der Waals surface area (Å²) in [5.41, 5.74) is 1.72. The first-order chi connectivity index (χ1) is 6.77. The van der Waals surface area contributed by atoms with E-state index >= 15 is 0 Å². The molecule has 2 aromatic heterocycles. The zero-order chi connectivity index (χ0) is 9.97. The number of hydrogen-bond acceptors (Lipinski definition) is 4. The molecule has 0 atom stereocenters. The van der Waals surface area contributed by atoms with E-state index < -0.39 is 0 Å². The molecule has 0 saturated heterocycles. The summed E-state index contributed by atoms with van der Waals surface area (Å²) in [5.74, 6) is 0.528. The monoisotopic (exact) mass is 207 g/mol. The maximum absolute atomic E-state index is 11.7. The molecule has 0 fully saturated rings. The molecule has 0 radical (unpaired) electrons. The lowest BCUT2D eigenvalue weighted by Gasteiger charge is -1.98. The van der Waals surface area contributed by atoms with E-state index in [0.29, 0.717) is 12.2 Å². The Labute approximate surface area is 85.2 Å². The number of imidazole rings is 1. The van der Waals surface area contributed by atoms with E-state index in [2.05, 4.69) is 9.97 Å². The van der Waals surface area contributed by atoms with Gasteiger partial charge in [-0.2, -0.15) is 0 Å². The van der Waals surface area contributed by atoms with E-state index in [4.69, 9.17) is 0 Å². The largest absolute Gasteiger partial charge is 0.332 e. The van der Waals surface area contributed by atoms with Crippen molar-refractivity contribution in [1.29, 1.82) is 0 Å². The van der Waals surface area contributed by atoms with Crippen LogP contribution in [0.2, 0.25) is 0 Å².